The summed E-state index contributed by atoms with van der Waals surface area (Å²) < 4.78 is 0. The molecular formula is C5H7N3OS. The summed E-state index contributed by atoms with van der Waals surface area (Å²) in [7, 11) is 3.16. The summed E-state index contributed by atoms with van der Waals surface area (Å²) >= 11 is 4.81. The second-order valence-electron chi connectivity index (χ2n) is 2.05. The summed E-state index contributed by atoms with van der Waals surface area (Å²) in [5.74, 6) is -0.403. The average molecular weight is 157 g/mol. The van der Waals surface area contributed by atoms with Gasteiger partial charge in [-0.25, -0.2) is 0 Å². The topological polar surface area (TPSA) is 47.4 Å². The summed E-state index contributed by atoms with van der Waals surface area (Å²) in [5.41, 5.74) is 0. The van der Waals surface area contributed by atoms with E-state index >= 15 is 0 Å². The molecule has 1 saturated heterocycles. The van der Waals surface area contributed by atoms with E-state index in [-0.39, 0.29) is 11.7 Å². The fraction of sp³-hybridized carbons (Fsp3) is 0.400. The van der Waals surface area contributed by atoms with Crippen molar-refractivity contribution in [3.63, 3.8) is 0 Å². The Morgan fingerprint density at radius 3 is 2.00 bits per heavy atom. The number of hydrogen-bond acceptors (Lipinski definition) is 3. The minimum atomic E-state index is -0.340. The predicted molar refractivity (Wildman–Crippen MR) is 40.9 cm³/mol. The minimum absolute atomic E-state index is 0.0625. The fourth-order valence-corrected chi connectivity index (χ4v) is 0.884. The van der Waals surface area contributed by atoms with Crippen molar-refractivity contribution in [2.75, 3.05) is 14.1 Å². The number of thiocarbonyl (C=S) groups is 1. The first-order valence-corrected chi connectivity index (χ1v) is 3.11. The number of likely N-dealkylation sites (N-methyl/N-ethyl adjacent to an activating group) is 2. The molecule has 0 radical (unpaired) electrons. The lowest BCUT2D eigenvalue weighted by atomic mass is 10.5. The summed E-state index contributed by atoms with van der Waals surface area (Å²) in [6.45, 7) is 0. The number of hydrogen-bond donors (Lipinski definition) is 1. The van der Waals surface area contributed by atoms with E-state index in [4.69, 9.17) is 17.6 Å². The monoisotopic (exact) mass is 157 g/mol. The predicted octanol–water partition coefficient (Wildman–Crippen LogP) is -0.348. The molecule has 0 bridgehead atoms. The summed E-state index contributed by atoms with van der Waals surface area (Å²) in [4.78, 5) is 13.5. The Hall–Kier alpha value is -0.970. The van der Waals surface area contributed by atoms with Gasteiger partial charge in [-0.3, -0.25) is 15.1 Å². The van der Waals surface area contributed by atoms with Crippen molar-refractivity contribution in [2.24, 2.45) is 0 Å². The molecule has 0 aromatic carbocycles. The Morgan fingerprint density at radius 2 is 1.90 bits per heavy atom. The number of carbonyl (C=O) groups is 1. The van der Waals surface area contributed by atoms with Gasteiger partial charge in [0.25, 0.3) is 5.91 Å². The van der Waals surface area contributed by atoms with E-state index in [9.17, 15) is 4.79 Å². The molecule has 1 rings (SSSR count). The molecule has 4 nitrogen and oxygen atoms in total. The molecule has 1 amide bonds. The molecule has 1 fully saturated rings. The lowest BCUT2D eigenvalue weighted by Gasteiger charge is -2.09. The Kier molecular flexibility index (Phi) is 1.44. The Labute approximate surface area is 63.9 Å². The highest BCUT2D eigenvalue weighted by Crippen LogP contribution is 2.06. The van der Waals surface area contributed by atoms with E-state index in [1.807, 2.05) is 0 Å². The zero-order valence-electron chi connectivity index (χ0n) is 5.71. The average Bonchev–Trinajstić information content (AvgIpc) is 2.07. The normalized spacial score (nSPS) is 19.2. The van der Waals surface area contributed by atoms with Gasteiger partial charge in [0.1, 0.15) is 0 Å². The van der Waals surface area contributed by atoms with Crippen molar-refractivity contribution >= 4 is 29.1 Å². The Morgan fingerprint density at radius 1 is 1.40 bits per heavy atom. The van der Waals surface area contributed by atoms with Gasteiger partial charge in [-0.15, -0.1) is 0 Å². The van der Waals surface area contributed by atoms with E-state index < -0.39 is 0 Å². The Bertz CT molecular complexity index is 203. The van der Waals surface area contributed by atoms with E-state index in [0.29, 0.717) is 5.11 Å². The summed E-state index contributed by atoms with van der Waals surface area (Å²) in [5, 5.41) is 7.55. The molecular weight excluding hydrogens is 150 g/mol. The summed E-state index contributed by atoms with van der Waals surface area (Å²) in [6, 6.07) is 0. The van der Waals surface area contributed by atoms with Crippen LogP contribution in [-0.2, 0) is 4.79 Å². The second-order valence-corrected chi connectivity index (χ2v) is 2.42. The van der Waals surface area contributed by atoms with E-state index in [2.05, 4.69) is 0 Å². The van der Waals surface area contributed by atoms with Gasteiger partial charge in [0.2, 0.25) is 0 Å². The third kappa shape index (κ3) is 0.706. The van der Waals surface area contributed by atoms with Gasteiger partial charge in [0.05, 0.1) is 0 Å². The molecule has 0 atom stereocenters. The molecule has 5 heteroatoms. The lowest BCUT2D eigenvalue weighted by Crippen LogP contribution is -2.27. The fourth-order valence-electron chi connectivity index (χ4n) is 0.710. The van der Waals surface area contributed by atoms with Crippen molar-refractivity contribution in [3.8, 4) is 0 Å². The first-order chi connectivity index (χ1) is 4.55. The first-order valence-electron chi connectivity index (χ1n) is 2.70. The number of nitrogens with zero attached hydrogens (tertiary/aromatic N) is 2. The van der Waals surface area contributed by atoms with Crippen LogP contribution >= 0.6 is 12.2 Å². The van der Waals surface area contributed by atoms with Gasteiger partial charge in [-0.1, -0.05) is 0 Å². The zero-order chi connectivity index (χ0) is 7.89. The molecule has 0 unspecified atom stereocenters. The maximum Gasteiger partial charge on any atom is 0.295 e. The van der Waals surface area contributed by atoms with Crippen LogP contribution in [0.25, 0.3) is 0 Å². The van der Waals surface area contributed by atoms with E-state index in [1.165, 1.54) is 9.80 Å². The highest BCUT2D eigenvalue weighted by atomic mass is 32.1. The SMILES string of the molecule is CN1C(=N)C(=O)N(C)C1=S. The second kappa shape index (κ2) is 2.02. The maximum atomic E-state index is 10.9. The third-order valence-corrected chi connectivity index (χ3v) is 1.96. The van der Waals surface area contributed by atoms with Crippen molar-refractivity contribution in [2.45, 2.75) is 0 Å². The molecule has 1 N–H and O–H groups in total. The Balaban J connectivity index is 3.00. The number of nitrogens with one attached hydrogen (secondary N) is 1. The van der Waals surface area contributed by atoms with Crippen LogP contribution in [0.1, 0.15) is 0 Å². The van der Waals surface area contributed by atoms with Crippen LogP contribution in [0.3, 0.4) is 0 Å². The van der Waals surface area contributed by atoms with Crippen LogP contribution < -0.4 is 0 Å². The highest BCUT2D eigenvalue weighted by Gasteiger charge is 2.32. The van der Waals surface area contributed by atoms with E-state index in [0.717, 1.165) is 0 Å². The van der Waals surface area contributed by atoms with Gasteiger partial charge in [0.15, 0.2) is 10.9 Å². The van der Waals surface area contributed by atoms with E-state index in [1.54, 1.807) is 14.1 Å². The van der Waals surface area contributed by atoms with Crippen molar-refractivity contribution < 1.29 is 4.79 Å². The molecule has 1 heterocycles. The molecule has 10 heavy (non-hydrogen) atoms. The molecule has 1 aliphatic rings. The quantitative estimate of drug-likeness (QED) is 0.489. The standard InChI is InChI=1S/C5H7N3OS/c1-7-3(6)4(9)8(2)5(7)10/h6H,1-2H3. The van der Waals surface area contributed by atoms with Crippen LogP contribution in [-0.4, -0.2) is 40.8 Å². The minimum Gasteiger partial charge on any atom is -0.302 e. The molecule has 54 valence electrons. The van der Waals surface area contributed by atoms with Gasteiger partial charge in [-0.05, 0) is 12.2 Å². The smallest absolute Gasteiger partial charge is 0.295 e. The first kappa shape index (κ1) is 7.14. The van der Waals surface area contributed by atoms with Gasteiger partial charge in [0, 0.05) is 14.1 Å². The number of amidine groups is 1. The van der Waals surface area contributed by atoms with Crippen LogP contribution in [0.5, 0.6) is 0 Å². The molecule has 0 spiro atoms. The molecule has 0 saturated carbocycles. The van der Waals surface area contributed by atoms with Crippen LogP contribution in [0.2, 0.25) is 0 Å². The van der Waals surface area contributed by atoms with Gasteiger partial charge in [-0.2, -0.15) is 0 Å². The summed E-state index contributed by atoms with van der Waals surface area (Å²) in [6.07, 6.45) is 0. The number of carbonyl (C=O) groups excluding carboxylic acids is 1. The maximum absolute atomic E-state index is 10.9. The van der Waals surface area contributed by atoms with Gasteiger partial charge < -0.3 is 4.90 Å². The van der Waals surface area contributed by atoms with Crippen LogP contribution in [0.4, 0.5) is 0 Å². The van der Waals surface area contributed by atoms with Crippen molar-refractivity contribution in [1.29, 1.82) is 5.41 Å². The van der Waals surface area contributed by atoms with Crippen LogP contribution in [0, 0.1) is 5.41 Å². The third-order valence-electron chi connectivity index (χ3n) is 1.42. The molecule has 0 aromatic rings. The zero-order valence-corrected chi connectivity index (χ0v) is 6.53. The number of rotatable bonds is 0. The highest BCUT2D eigenvalue weighted by molar-refractivity contribution is 7.80. The molecule has 0 aromatic heterocycles. The van der Waals surface area contributed by atoms with Gasteiger partial charge >= 0.3 is 0 Å². The van der Waals surface area contributed by atoms with Crippen molar-refractivity contribution in [1.82, 2.24) is 9.80 Å². The molecule has 1 aliphatic heterocycles. The lowest BCUT2D eigenvalue weighted by molar-refractivity contribution is -0.119. The largest absolute Gasteiger partial charge is 0.302 e. The number of amides is 1. The molecule has 0 aliphatic carbocycles. The van der Waals surface area contributed by atoms with Crippen LogP contribution in [0.15, 0.2) is 0 Å². The van der Waals surface area contributed by atoms with Crippen molar-refractivity contribution in [3.05, 3.63) is 0 Å².